The van der Waals surface area contributed by atoms with Crippen molar-refractivity contribution >= 4 is 0 Å². The van der Waals surface area contributed by atoms with Crippen LogP contribution in [-0.4, -0.2) is 63.5 Å². The molecule has 1 unspecified atom stereocenters. The highest BCUT2D eigenvalue weighted by atomic mass is 16.5. The molecular formula is C10H20N2O2. The van der Waals surface area contributed by atoms with Gasteiger partial charge in [0.25, 0.3) is 0 Å². The average Bonchev–Trinajstić information content (AvgIpc) is 2.48. The maximum Gasteiger partial charge on any atom is 0.0826 e. The van der Waals surface area contributed by atoms with Crippen molar-refractivity contribution in [2.24, 2.45) is 0 Å². The standard InChI is InChI=1S/C10H20N2O2/c1-3-12(4-7-13-5-1)9-10-8-11-2-6-14-10/h10-11H,1-9H2. The predicted molar refractivity (Wildman–Crippen MR) is 54.5 cm³/mol. The molecule has 0 saturated carbocycles. The molecule has 14 heavy (non-hydrogen) atoms. The molecule has 4 heteroatoms. The molecule has 82 valence electrons. The highest BCUT2D eigenvalue weighted by Gasteiger charge is 2.18. The van der Waals surface area contributed by atoms with Crippen LogP contribution in [0.4, 0.5) is 0 Å². The van der Waals surface area contributed by atoms with E-state index in [2.05, 4.69) is 10.2 Å². The number of rotatable bonds is 2. The van der Waals surface area contributed by atoms with Gasteiger partial charge < -0.3 is 14.8 Å². The van der Waals surface area contributed by atoms with Gasteiger partial charge in [-0.05, 0) is 6.42 Å². The zero-order valence-electron chi connectivity index (χ0n) is 8.71. The molecule has 2 fully saturated rings. The molecule has 2 heterocycles. The highest BCUT2D eigenvalue weighted by Crippen LogP contribution is 2.03. The van der Waals surface area contributed by atoms with Crippen LogP contribution in [-0.2, 0) is 9.47 Å². The van der Waals surface area contributed by atoms with E-state index < -0.39 is 0 Å². The topological polar surface area (TPSA) is 33.7 Å². The lowest BCUT2D eigenvalue weighted by molar-refractivity contribution is 0.00523. The summed E-state index contributed by atoms with van der Waals surface area (Å²) in [5.74, 6) is 0. The summed E-state index contributed by atoms with van der Waals surface area (Å²) in [6.07, 6.45) is 1.53. The van der Waals surface area contributed by atoms with Crippen LogP contribution in [0.25, 0.3) is 0 Å². The second-order valence-electron chi connectivity index (χ2n) is 3.96. The van der Waals surface area contributed by atoms with Crippen molar-refractivity contribution in [1.29, 1.82) is 0 Å². The lowest BCUT2D eigenvalue weighted by Gasteiger charge is -2.29. The quantitative estimate of drug-likeness (QED) is 0.663. The van der Waals surface area contributed by atoms with Crippen LogP contribution in [0.5, 0.6) is 0 Å². The third-order valence-electron chi connectivity index (χ3n) is 2.78. The van der Waals surface area contributed by atoms with Crippen molar-refractivity contribution < 1.29 is 9.47 Å². The largest absolute Gasteiger partial charge is 0.380 e. The van der Waals surface area contributed by atoms with Gasteiger partial charge in [-0.15, -0.1) is 0 Å². The zero-order valence-corrected chi connectivity index (χ0v) is 8.71. The monoisotopic (exact) mass is 200 g/mol. The first-order valence-corrected chi connectivity index (χ1v) is 5.57. The van der Waals surface area contributed by atoms with Crippen molar-refractivity contribution in [1.82, 2.24) is 10.2 Å². The first-order valence-electron chi connectivity index (χ1n) is 5.57. The second kappa shape index (κ2) is 5.66. The van der Waals surface area contributed by atoms with Gasteiger partial charge in [0.2, 0.25) is 0 Å². The van der Waals surface area contributed by atoms with Gasteiger partial charge in [0, 0.05) is 39.3 Å². The molecule has 0 aromatic heterocycles. The van der Waals surface area contributed by atoms with Crippen LogP contribution in [0, 0.1) is 0 Å². The first-order chi connectivity index (χ1) is 6.95. The molecule has 0 radical (unpaired) electrons. The van der Waals surface area contributed by atoms with E-state index in [0.717, 1.165) is 59.0 Å². The summed E-state index contributed by atoms with van der Waals surface area (Å²) in [4.78, 5) is 2.45. The maximum atomic E-state index is 5.68. The van der Waals surface area contributed by atoms with E-state index in [-0.39, 0.29) is 0 Å². The molecule has 2 saturated heterocycles. The van der Waals surface area contributed by atoms with E-state index in [9.17, 15) is 0 Å². The molecule has 4 nitrogen and oxygen atoms in total. The van der Waals surface area contributed by atoms with Crippen molar-refractivity contribution in [2.45, 2.75) is 12.5 Å². The fourth-order valence-electron chi connectivity index (χ4n) is 2.01. The molecule has 2 aliphatic rings. The van der Waals surface area contributed by atoms with Gasteiger partial charge in [-0.1, -0.05) is 0 Å². The maximum absolute atomic E-state index is 5.68. The Morgan fingerprint density at radius 2 is 2.21 bits per heavy atom. The summed E-state index contributed by atoms with van der Waals surface area (Å²) in [7, 11) is 0. The van der Waals surface area contributed by atoms with Crippen LogP contribution >= 0.6 is 0 Å². The van der Waals surface area contributed by atoms with Gasteiger partial charge in [-0.2, -0.15) is 0 Å². The van der Waals surface area contributed by atoms with E-state index in [1.807, 2.05) is 0 Å². The molecule has 1 atom stereocenters. The molecular weight excluding hydrogens is 180 g/mol. The Hall–Kier alpha value is -0.160. The van der Waals surface area contributed by atoms with Gasteiger partial charge in [-0.25, -0.2) is 0 Å². The Balaban J connectivity index is 1.71. The van der Waals surface area contributed by atoms with Crippen molar-refractivity contribution in [3.05, 3.63) is 0 Å². The lowest BCUT2D eigenvalue weighted by Crippen LogP contribution is -2.45. The molecule has 0 aromatic carbocycles. The number of hydrogen-bond acceptors (Lipinski definition) is 4. The Labute approximate surface area is 85.5 Å². The summed E-state index contributed by atoms with van der Waals surface area (Å²) in [5, 5.41) is 3.36. The molecule has 2 aliphatic heterocycles. The molecule has 0 spiro atoms. The van der Waals surface area contributed by atoms with Gasteiger partial charge in [0.15, 0.2) is 0 Å². The number of ether oxygens (including phenoxy) is 2. The molecule has 2 rings (SSSR count). The van der Waals surface area contributed by atoms with Crippen molar-refractivity contribution in [3.8, 4) is 0 Å². The smallest absolute Gasteiger partial charge is 0.0826 e. The Kier molecular flexibility index (Phi) is 4.19. The zero-order chi connectivity index (χ0) is 9.64. The number of nitrogens with one attached hydrogen (secondary N) is 1. The Morgan fingerprint density at radius 1 is 1.21 bits per heavy atom. The van der Waals surface area contributed by atoms with Crippen LogP contribution < -0.4 is 5.32 Å². The predicted octanol–water partition coefficient (Wildman–Crippen LogP) is -0.303. The summed E-state index contributed by atoms with van der Waals surface area (Å²) >= 11 is 0. The van der Waals surface area contributed by atoms with E-state index >= 15 is 0 Å². The van der Waals surface area contributed by atoms with E-state index in [1.54, 1.807) is 0 Å². The first kappa shape index (κ1) is 10.4. The van der Waals surface area contributed by atoms with Crippen LogP contribution in [0.3, 0.4) is 0 Å². The lowest BCUT2D eigenvalue weighted by atomic mass is 10.2. The number of nitrogens with zero attached hydrogens (tertiary/aromatic N) is 1. The summed E-state index contributed by atoms with van der Waals surface area (Å²) in [6.45, 7) is 7.91. The minimum absolute atomic E-state index is 0.377. The molecule has 0 amide bonds. The average molecular weight is 200 g/mol. The summed E-state index contributed by atoms with van der Waals surface area (Å²) in [6, 6.07) is 0. The van der Waals surface area contributed by atoms with Crippen molar-refractivity contribution in [3.63, 3.8) is 0 Å². The number of hydrogen-bond donors (Lipinski definition) is 1. The molecule has 0 bridgehead atoms. The SMILES string of the molecule is C1COCCN(CC2CNCCO2)C1. The number of morpholine rings is 1. The summed E-state index contributed by atoms with van der Waals surface area (Å²) < 4.78 is 11.1. The summed E-state index contributed by atoms with van der Waals surface area (Å²) in [5.41, 5.74) is 0. The van der Waals surface area contributed by atoms with Crippen molar-refractivity contribution in [2.75, 3.05) is 52.5 Å². The molecule has 0 aliphatic carbocycles. The Morgan fingerprint density at radius 3 is 3.07 bits per heavy atom. The fraction of sp³-hybridized carbons (Fsp3) is 1.00. The van der Waals surface area contributed by atoms with Gasteiger partial charge in [-0.3, -0.25) is 4.90 Å². The molecule has 0 aromatic rings. The van der Waals surface area contributed by atoms with E-state index in [1.165, 1.54) is 0 Å². The van der Waals surface area contributed by atoms with Crippen LogP contribution in [0.2, 0.25) is 0 Å². The highest BCUT2D eigenvalue weighted by molar-refractivity contribution is 4.72. The second-order valence-corrected chi connectivity index (χ2v) is 3.96. The normalized spacial score (nSPS) is 31.3. The minimum atomic E-state index is 0.377. The van der Waals surface area contributed by atoms with E-state index in [4.69, 9.17) is 9.47 Å². The third kappa shape index (κ3) is 3.20. The van der Waals surface area contributed by atoms with Gasteiger partial charge in [0.1, 0.15) is 0 Å². The fourth-order valence-corrected chi connectivity index (χ4v) is 2.01. The third-order valence-corrected chi connectivity index (χ3v) is 2.78. The van der Waals surface area contributed by atoms with E-state index in [0.29, 0.717) is 6.10 Å². The van der Waals surface area contributed by atoms with Crippen LogP contribution in [0.1, 0.15) is 6.42 Å². The minimum Gasteiger partial charge on any atom is -0.380 e. The van der Waals surface area contributed by atoms with Gasteiger partial charge >= 0.3 is 0 Å². The van der Waals surface area contributed by atoms with Gasteiger partial charge in [0.05, 0.1) is 19.3 Å². The van der Waals surface area contributed by atoms with Crippen LogP contribution in [0.15, 0.2) is 0 Å². The molecule has 1 N–H and O–H groups in total. The Bertz CT molecular complexity index is 152.